The first-order chi connectivity index (χ1) is 7.92. The Morgan fingerprint density at radius 3 is 2.75 bits per heavy atom. The SMILES string of the molecule is CNCCc1nocc1C1CCCCCC1. The van der Waals surface area contributed by atoms with Crippen LogP contribution in [0.25, 0.3) is 0 Å². The molecule has 0 aliphatic heterocycles. The molecule has 1 heterocycles. The van der Waals surface area contributed by atoms with E-state index in [9.17, 15) is 0 Å². The predicted molar refractivity (Wildman–Crippen MR) is 64.6 cm³/mol. The van der Waals surface area contributed by atoms with E-state index in [2.05, 4.69) is 10.5 Å². The third-order valence-corrected chi connectivity index (χ3v) is 3.58. The molecule has 0 radical (unpaired) electrons. The van der Waals surface area contributed by atoms with Gasteiger partial charge in [0.2, 0.25) is 0 Å². The Kier molecular flexibility index (Phi) is 4.40. The lowest BCUT2D eigenvalue weighted by Crippen LogP contribution is -2.12. The minimum absolute atomic E-state index is 0.695. The van der Waals surface area contributed by atoms with Crippen molar-refractivity contribution in [1.29, 1.82) is 0 Å². The summed E-state index contributed by atoms with van der Waals surface area (Å²) in [5, 5.41) is 7.31. The molecule has 90 valence electrons. The Labute approximate surface area is 97.6 Å². The zero-order chi connectivity index (χ0) is 11.2. The lowest BCUT2D eigenvalue weighted by Gasteiger charge is -2.12. The second-order valence-corrected chi connectivity index (χ2v) is 4.76. The molecular formula is C13H22N2O. The number of likely N-dealkylation sites (N-methyl/N-ethyl adjacent to an activating group) is 1. The molecule has 16 heavy (non-hydrogen) atoms. The normalized spacial score (nSPS) is 18.6. The van der Waals surface area contributed by atoms with E-state index in [0.717, 1.165) is 13.0 Å². The minimum atomic E-state index is 0.695. The van der Waals surface area contributed by atoms with Gasteiger partial charge in [-0.1, -0.05) is 30.8 Å². The minimum Gasteiger partial charge on any atom is -0.364 e. The Morgan fingerprint density at radius 1 is 1.31 bits per heavy atom. The van der Waals surface area contributed by atoms with Crippen LogP contribution in [0.3, 0.4) is 0 Å². The maximum Gasteiger partial charge on any atom is 0.127 e. The molecule has 1 aromatic heterocycles. The number of hydrogen-bond donors (Lipinski definition) is 1. The number of nitrogens with one attached hydrogen (secondary N) is 1. The Hall–Kier alpha value is -0.830. The molecule has 2 rings (SSSR count). The van der Waals surface area contributed by atoms with Gasteiger partial charge < -0.3 is 9.84 Å². The van der Waals surface area contributed by atoms with Gasteiger partial charge in [0.15, 0.2) is 0 Å². The first-order valence-corrected chi connectivity index (χ1v) is 6.49. The molecule has 0 saturated heterocycles. The summed E-state index contributed by atoms with van der Waals surface area (Å²) in [4.78, 5) is 0. The Bertz CT molecular complexity index is 301. The first-order valence-electron chi connectivity index (χ1n) is 6.49. The molecule has 0 spiro atoms. The highest BCUT2D eigenvalue weighted by atomic mass is 16.5. The molecule has 1 fully saturated rings. The second-order valence-electron chi connectivity index (χ2n) is 4.76. The quantitative estimate of drug-likeness (QED) is 0.796. The van der Waals surface area contributed by atoms with Gasteiger partial charge in [-0.3, -0.25) is 0 Å². The van der Waals surface area contributed by atoms with Crippen molar-refractivity contribution in [3.8, 4) is 0 Å². The van der Waals surface area contributed by atoms with Crippen LogP contribution >= 0.6 is 0 Å². The van der Waals surface area contributed by atoms with Crippen LogP contribution in [0.15, 0.2) is 10.8 Å². The summed E-state index contributed by atoms with van der Waals surface area (Å²) in [6, 6.07) is 0. The Morgan fingerprint density at radius 2 is 2.06 bits per heavy atom. The molecule has 0 aromatic carbocycles. The molecule has 0 unspecified atom stereocenters. The highest BCUT2D eigenvalue weighted by molar-refractivity contribution is 5.20. The van der Waals surface area contributed by atoms with Crippen molar-refractivity contribution in [2.24, 2.45) is 0 Å². The first kappa shape index (κ1) is 11.6. The Balaban J connectivity index is 2.03. The fourth-order valence-electron chi connectivity index (χ4n) is 2.62. The van der Waals surface area contributed by atoms with Crippen LogP contribution in [0.4, 0.5) is 0 Å². The molecule has 3 heteroatoms. The fourth-order valence-corrected chi connectivity index (χ4v) is 2.62. The van der Waals surface area contributed by atoms with E-state index in [1.54, 1.807) is 0 Å². The zero-order valence-corrected chi connectivity index (χ0v) is 10.2. The lowest BCUT2D eigenvalue weighted by molar-refractivity contribution is 0.410. The van der Waals surface area contributed by atoms with Crippen molar-refractivity contribution in [2.45, 2.75) is 50.9 Å². The van der Waals surface area contributed by atoms with Crippen molar-refractivity contribution in [1.82, 2.24) is 10.5 Å². The predicted octanol–water partition coefficient (Wildman–Crippen LogP) is 2.87. The smallest absolute Gasteiger partial charge is 0.127 e. The molecule has 0 atom stereocenters. The van der Waals surface area contributed by atoms with E-state index in [0.29, 0.717) is 5.92 Å². The molecule has 1 saturated carbocycles. The summed E-state index contributed by atoms with van der Waals surface area (Å²) in [5.74, 6) is 0.695. The molecule has 0 bridgehead atoms. The van der Waals surface area contributed by atoms with Crippen molar-refractivity contribution in [3.05, 3.63) is 17.5 Å². The van der Waals surface area contributed by atoms with Gasteiger partial charge in [-0.15, -0.1) is 0 Å². The van der Waals surface area contributed by atoms with Gasteiger partial charge in [-0.25, -0.2) is 0 Å². The van der Waals surface area contributed by atoms with Gasteiger partial charge in [-0.2, -0.15) is 0 Å². The molecular weight excluding hydrogens is 200 g/mol. The number of aromatic nitrogens is 1. The molecule has 1 aliphatic carbocycles. The number of hydrogen-bond acceptors (Lipinski definition) is 3. The van der Waals surface area contributed by atoms with Gasteiger partial charge >= 0.3 is 0 Å². The van der Waals surface area contributed by atoms with E-state index in [1.807, 2.05) is 13.3 Å². The summed E-state index contributed by atoms with van der Waals surface area (Å²) < 4.78 is 5.16. The monoisotopic (exact) mass is 222 g/mol. The topological polar surface area (TPSA) is 38.1 Å². The van der Waals surface area contributed by atoms with Gasteiger partial charge in [0.1, 0.15) is 6.26 Å². The van der Waals surface area contributed by atoms with Crippen molar-refractivity contribution >= 4 is 0 Å². The van der Waals surface area contributed by atoms with Crippen LogP contribution in [0.1, 0.15) is 55.7 Å². The molecule has 1 aliphatic rings. The molecule has 3 nitrogen and oxygen atoms in total. The standard InChI is InChI=1S/C13H22N2O/c1-14-9-8-13-12(10-16-15-13)11-6-4-2-3-5-7-11/h10-11,14H,2-9H2,1H3. The highest BCUT2D eigenvalue weighted by Gasteiger charge is 2.19. The lowest BCUT2D eigenvalue weighted by atomic mass is 9.91. The van der Waals surface area contributed by atoms with E-state index in [1.165, 1.54) is 49.8 Å². The second kappa shape index (κ2) is 6.04. The molecule has 1 aromatic rings. The summed E-state index contributed by atoms with van der Waals surface area (Å²) >= 11 is 0. The molecule has 1 N–H and O–H groups in total. The van der Waals surface area contributed by atoms with E-state index < -0.39 is 0 Å². The summed E-state index contributed by atoms with van der Waals surface area (Å²) in [5.41, 5.74) is 2.54. The van der Waals surface area contributed by atoms with E-state index in [-0.39, 0.29) is 0 Å². The zero-order valence-electron chi connectivity index (χ0n) is 10.2. The van der Waals surface area contributed by atoms with E-state index in [4.69, 9.17) is 4.52 Å². The van der Waals surface area contributed by atoms with Crippen LogP contribution in [-0.4, -0.2) is 18.7 Å². The van der Waals surface area contributed by atoms with Crippen molar-refractivity contribution < 1.29 is 4.52 Å². The van der Waals surface area contributed by atoms with Crippen LogP contribution in [-0.2, 0) is 6.42 Å². The summed E-state index contributed by atoms with van der Waals surface area (Å²) in [6.07, 6.45) is 11.0. The summed E-state index contributed by atoms with van der Waals surface area (Å²) in [6.45, 7) is 0.978. The third-order valence-electron chi connectivity index (χ3n) is 3.58. The number of nitrogens with zero attached hydrogens (tertiary/aromatic N) is 1. The maximum absolute atomic E-state index is 5.16. The van der Waals surface area contributed by atoms with Crippen LogP contribution in [0.5, 0.6) is 0 Å². The average Bonchev–Trinajstić information content (AvgIpc) is 2.60. The third kappa shape index (κ3) is 2.85. The average molecular weight is 222 g/mol. The molecule has 0 amide bonds. The fraction of sp³-hybridized carbons (Fsp3) is 0.769. The highest BCUT2D eigenvalue weighted by Crippen LogP contribution is 2.33. The van der Waals surface area contributed by atoms with Crippen molar-refractivity contribution in [2.75, 3.05) is 13.6 Å². The maximum atomic E-state index is 5.16. The van der Waals surface area contributed by atoms with Gasteiger partial charge in [0.25, 0.3) is 0 Å². The van der Waals surface area contributed by atoms with Crippen LogP contribution < -0.4 is 5.32 Å². The number of rotatable bonds is 4. The van der Waals surface area contributed by atoms with Crippen LogP contribution in [0, 0.1) is 0 Å². The van der Waals surface area contributed by atoms with Gasteiger partial charge in [-0.05, 0) is 25.8 Å². The van der Waals surface area contributed by atoms with Crippen LogP contribution in [0.2, 0.25) is 0 Å². The van der Waals surface area contributed by atoms with E-state index >= 15 is 0 Å². The van der Waals surface area contributed by atoms with Gasteiger partial charge in [0, 0.05) is 18.5 Å². The van der Waals surface area contributed by atoms with Gasteiger partial charge in [0.05, 0.1) is 5.69 Å². The summed E-state index contributed by atoms with van der Waals surface area (Å²) in [7, 11) is 1.98. The largest absolute Gasteiger partial charge is 0.364 e. The van der Waals surface area contributed by atoms with Crippen molar-refractivity contribution in [3.63, 3.8) is 0 Å².